The second-order valence-corrected chi connectivity index (χ2v) is 5.51. The molecule has 0 aliphatic rings. The van der Waals surface area contributed by atoms with Crippen LogP contribution in [0.1, 0.15) is 31.0 Å². The van der Waals surface area contributed by atoms with Crippen LogP contribution >= 0.6 is 0 Å². The van der Waals surface area contributed by atoms with Gasteiger partial charge in [0.05, 0.1) is 6.20 Å². The standard InChI is InChI=1S/C17H26N4/c1-5-18-17(10-14-12-19-21(6-2)13-14)15-8-7-9-16(11-15)20(3)4/h7-9,11-13,17-18H,5-6,10H2,1-4H3. The van der Waals surface area contributed by atoms with Gasteiger partial charge in [0, 0.05) is 38.6 Å². The highest BCUT2D eigenvalue weighted by molar-refractivity contribution is 5.48. The zero-order valence-corrected chi connectivity index (χ0v) is 13.5. The molecule has 21 heavy (non-hydrogen) atoms. The molecular formula is C17H26N4. The maximum Gasteiger partial charge on any atom is 0.0522 e. The van der Waals surface area contributed by atoms with Gasteiger partial charge in [-0.3, -0.25) is 4.68 Å². The van der Waals surface area contributed by atoms with Crippen LogP contribution in [0.2, 0.25) is 0 Å². The Morgan fingerprint density at radius 2 is 2.10 bits per heavy atom. The van der Waals surface area contributed by atoms with Crippen LogP contribution in [0.25, 0.3) is 0 Å². The highest BCUT2D eigenvalue weighted by atomic mass is 15.3. The normalized spacial score (nSPS) is 12.4. The second-order valence-electron chi connectivity index (χ2n) is 5.51. The second kappa shape index (κ2) is 7.27. The van der Waals surface area contributed by atoms with Crippen molar-refractivity contribution in [3.05, 3.63) is 47.8 Å². The molecule has 114 valence electrons. The molecule has 1 unspecified atom stereocenters. The van der Waals surface area contributed by atoms with Crippen LogP contribution in [0.4, 0.5) is 5.69 Å². The Balaban J connectivity index is 2.19. The fourth-order valence-corrected chi connectivity index (χ4v) is 2.49. The molecule has 1 heterocycles. The molecule has 0 aliphatic heterocycles. The van der Waals surface area contributed by atoms with E-state index in [0.29, 0.717) is 6.04 Å². The Kier molecular flexibility index (Phi) is 5.39. The van der Waals surface area contributed by atoms with E-state index in [1.807, 2.05) is 10.9 Å². The van der Waals surface area contributed by atoms with Crippen molar-refractivity contribution in [1.82, 2.24) is 15.1 Å². The topological polar surface area (TPSA) is 33.1 Å². The quantitative estimate of drug-likeness (QED) is 0.849. The zero-order chi connectivity index (χ0) is 15.2. The first-order valence-corrected chi connectivity index (χ1v) is 7.66. The molecule has 0 bridgehead atoms. The molecule has 4 heteroatoms. The molecule has 1 atom stereocenters. The Morgan fingerprint density at radius 1 is 1.29 bits per heavy atom. The van der Waals surface area contributed by atoms with E-state index in [4.69, 9.17) is 0 Å². The number of likely N-dealkylation sites (N-methyl/N-ethyl adjacent to an activating group) is 1. The smallest absolute Gasteiger partial charge is 0.0522 e. The average Bonchev–Trinajstić information content (AvgIpc) is 2.94. The van der Waals surface area contributed by atoms with Gasteiger partial charge in [-0.05, 0) is 43.1 Å². The van der Waals surface area contributed by atoms with E-state index in [-0.39, 0.29) is 0 Å². The number of hydrogen-bond donors (Lipinski definition) is 1. The predicted molar refractivity (Wildman–Crippen MR) is 88.8 cm³/mol. The summed E-state index contributed by atoms with van der Waals surface area (Å²) < 4.78 is 1.98. The molecule has 1 N–H and O–H groups in total. The van der Waals surface area contributed by atoms with Gasteiger partial charge in [0.25, 0.3) is 0 Å². The summed E-state index contributed by atoms with van der Waals surface area (Å²) in [4.78, 5) is 2.14. The van der Waals surface area contributed by atoms with Gasteiger partial charge in [0.1, 0.15) is 0 Å². The molecule has 2 aromatic rings. The lowest BCUT2D eigenvalue weighted by Gasteiger charge is -2.20. The van der Waals surface area contributed by atoms with Gasteiger partial charge in [-0.15, -0.1) is 0 Å². The third kappa shape index (κ3) is 4.08. The molecule has 0 radical (unpaired) electrons. The zero-order valence-electron chi connectivity index (χ0n) is 13.5. The lowest BCUT2D eigenvalue weighted by molar-refractivity contribution is 0.549. The monoisotopic (exact) mass is 286 g/mol. The number of nitrogens with zero attached hydrogens (tertiary/aromatic N) is 3. The largest absolute Gasteiger partial charge is 0.378 e. The maximum atomic E-state index is 4.37. The average molecular weight is 286 g/mol. The van der Waals surface area contributed by atoms with Gasteiger partial charge < -0.3 is 10.2 Å². The fourth-order valence-electron chi connectivity index (χ4n) is 2.49. The van der Waals surface area contributed by atoms with Crippen molar-refractivity contribution in [2.75, 3.05) is 25.5 Å². The van der Waals surface area contributed by atoms with Gasteiger partial charge in [-0.25, -0.2) is 0 Å². The van der Waals surface area contributed by atoms with Gasteiger partial charge in [-0.2, -0.15) is 5.10 Å². The van der Waals surface area contributed by atoms with Crippen LogP contribution < -0.4 is 10.2 Å². The Hall–Kier alpha value is -1.81. The van der Waals surface area contributed by atoms with Gasteiger partial charge in [-0.1, -0.05) is 19.1 Å². The summed E-state index contributed by atoms with van der Waals surface area (Å²) in [5, 5.41) is 7.95. The van der Waals surface area contributed by atoms with Crippen LogP contribution in [0, 0.1) is 0 Å². The van der Waals surface area contributed by atoms with E-state index in [1.165, 1.54) is 16.8 Å². The summed E-state index contributed by atoms with van der Waals surface area (Å²) in [6.45, 7) is 6.14. The molecule has 1 aromatic carbocycles. The molecule has 2 rings (SSSR count). The number of aromatic nitrogens is 2. The van der Waals surface area contributed by atoms with Crippen molar-refractivity contribution in [2.24, 2.45) is 0 Å². The van der Waals surface area contributed by atoms with Gasteiger partial charge in [0.15, 0.2) is 0 Å². The Bertz CT molecular complexity index is 559. The lowest BCUT2D eigenvalue weighted by Crippen LogP contribution is -2.23. The molecule has 0 spiro atoms. The van der Waals surface area contributed by atoms with Crippen LogP contribution in [0.3, 0.4) is 0 Å². The van der Waals surface area contributed by atoms with Crippen LogP contribution in [0.5, 0.6) is 0 Å². The highest BCUT2D eigenvalue weighted by Crippen LogP contribution is 2.22. The van der Waals surface area contributed by atoms with Crippen molar-refractivity contribution in [1.29, 1.82) is 0 Å². The number of anilines is 1. The van der Waals surface area contributed by atoms with Crippen molar-refractivity contribution < 1.29 is 0 Å². The summed E-state index contributed by atoms with van der Waals surface area (Å²) >= 11 is 0. The van der Waals surface area contributed by atoms with Crippen LogP contribution in [0.15, 0.2) is 36.7 Å². The lowest BCUT2D eigenvalue weighted by atomic mass is 10.00. The number of aryl methyl sites for hydroxylation is 1. The Morgan fingerprint density at radius 3 is 2.71 bits per heavy atom. The van der Waals surface area contributed by atoms with E-state index < -0.39 is 0 Å². The van der Waals surface area contributed by atoms with E-state index in [1.54, 1.807) is 0 Å². The predicted octanol–water partition coefficient (Wildman–Crippen LogP) is 2.86. The SMILES string of the molecule is CCNC(Cc1cnn(CC)c1)c1cccc(N(C)C)c1. The molecule has 0 fully saturated rings. The number of benzene rings is 1. The van der Waals surface area contributed by atoms with Crippen molar-refractivity contribution in [2.45, 2.75) is 32.9 Å². The summed E-state index contributed by atoms with van der Waals surface area (Å²) in [7, 11) is 4.15. The van der Waals surface area contributed by atoms with E-state index in [2.05, 4.69) is 73.7 Å². The third-order valence-electron chi connectivity index (χ3n) is 3.69. The van der Waals surface area contributed by atoms with Gasteiger partial charge in [0.2, 0.25) is 0 Å². The summed E-state index contributed by atoms with van der Waals surface area (Å²) in [5.41, 5.74) is 3.84. The fraction of sp³-hybridized carbons (Fsp3) is 0.471. The minimum Gasteiger partial charge on any atom is -0.378 e. The summed E-state index contributed by atoms with van der Waals surface area (Å²) in [6.07, 6.45) is 5.08. The molecule has 0 saturated carbocycles. The third-order valence-corrected chi connectivity index (χ3v) is 3.69. The molecule has 0 aliphatic carbocycles. The molecule has 4 nitrogen and oxygen atoms in total. The first-order valence-electron chi connectivity index (χ1n) is 7.66. The van der Waals surface area contributed by atoms with Crippen LogP contribution in [-0.4, -0.2) is 30.4 Å². The highest BCUT2D eigenvalue weighted by Gasteiger charge is 2.13. The summed E-state index contributed by atoms with van der Waals surface area (Å²) in [6, 6.07) is 9.05. The van der Waals surface area contributed by atoms with Gasteiger partial charge >= 0.3 is 0 Å². The van der Waals surface area contributed by atoms with E-state index in [0.717, 1.165) is 19.5 Å². The molecule has 1 aromatic heterocycles. The molecule has 0 amide bonds. The molecule has 0 saturated heterocycles. The minimum absolute atomic E-state index is 0.324. The number of hydrogen-bond acceptors (Lipinski definition) is 3. The number of rotatable bonds is 7. The summed E-state index contributed by atoms with van der Waals surface area (Å²) in [5.74, 6) is 0. The molecular weight excluding hydrogens is 260 g/mol. The maximum absolute atomic E-state index is 4.37. The van der Waals surface area contributed by atoms with E-state index >= 15 is 0 Å². The van der Waals surface area contributed by atoms with Crippen molar-refractivity contribution >= 4 is 5.69 Å². The number of nitrogens with one attached hydrogen (secondary N) is 1. The first-order chi connectivity index (χ1) is 10.1. The Labute approximate surface area is 127 Å². The van der Waals surface area contributed by atoms with Crippen molar-refractivity contribution in [3.63, 3.8) is 0 Å². The van der Waals surface area contributed by atoms with E-state index in [9.17, 15) is 0 Å². The van der Waals surface area contributed by atoms with Crippen molar-refractivity contribution in [3.8, 4) is 0 Å². The first kappa shape index (κ1) is 15.6. The van der Waals surface area contributed by atoms with Crippen LogP contribution in [-0.2, 0) is 13.0 Å². The minimum atomic E-state index is 0.324.